The van der Waals surface area contributed by atoms with Crippen LogP contribution in [-0.2, 0) is 13.0 Å². The smallest absolute Gasteiger partial charge is 0.261 e. The number of aromatic nitrogens is 2. The molecule has 0 saturated heterocycles. The highest BCUT2D eigenvalue weighted by Gasteiger charge is 2.22. The fraction of sp³-hybridized carbons (Fsp3) is 0.200. The first kappa shape index (κ1) is 16.7. The average Bonchev–Trinajstić information content (AvgIpc) is 3.15. The van der Waals surface area contributed by atoms with Crippen LogP contribution in [-0.4, -0.2) is 22.4 Å². The maximum atomic E-state index is 13.0. The molecule has 0 unspecified atom stereocenters. The summed E-state index contributed by atoms with van der Waals surface area (Å²) in [6.07, 6.45) is 0.489. The first-order valence-electron chi connectivity index (χ1n) is 8.37. The Kier molecular flexibility index (Phi) is 4.67. The molecule has 0 saturated carbocycles. The van der Waals surface area contributed by atoms with Crippen LogP contribution in [0.4, 0.5) is 0 Å². The molecule has 3 aromatic rings. The summed E-state index contributed by atoms with van der Waals surface area (Å²) in [5.74, 6) is 2.61. The third-order valence-electron chi connectivity index (χ3n) is 4.23. The molecule has 1 aliphatic rings. The Labute approximate surface area is 155 Å². The molecule has 5 nitrogen and oxygen atoms in total. The number of nitrogens with zero attached hydrogens (tertiary/aromatic N) is 2. The largest absolute Gasteiger partial charge is 0.497 e. The quantitative estimate of drug-likeness (QED) is 0.644. The molecule has 0 bridgehead atoms. The summed E-state index contributed by atoms with van der Waals surface area (Å²) in [6, 6.07) is 17.2. The van der Waals surface area contributed by atoms with E-state index in [1.54, 1.807) is 23.4 Å². The van der Waals surface area contributed by atoms with Crippen LogP contribution in [0.1, 0.15) is 11.1 Å². The topological polar surface area (TPSA) is 53.4 Å². The molecule has 132 valence electrons. The Hall–Kier alpha value is -2.73. The van der Waals surface area contributed by atoms with Crippen molar-refractivity contribution >= 4 is 11.8 Å². The molecule has 0 amide bonds. The highest BCUT2D eigenvalue weighted by Crippen LogP contribution is 2.29. The molecule has 0 fully saturated rings. The second kappa shape index (κ2) is 7.25. The summed E-state index contributed by atoms with van der Waals surface area (Å²) < 4.78 is 12.9. The van der Waals surface area contributed by atoms with Crippen molar-refractivity contribution in [2.24, 2.45) is 0 Å². The van der Waals surface area contributed by atoms with Gasteiger partial charge in [0.2, 0.25) is 5.88 Å². The van der Waals surface area contributed by atoms with Gasteiger partial charge in [-0.15, -0.1) is 0 Å². The van der Waals surface area contributed by atoms with Gasteiger partial charge in [-0.3, -0.25) is 9.36 Å². The van der Waals surface area contributed by atoms with Gasteiger partial charge in [0, 0.05) is 18.7 Å². The van der Waals surface area contributed by atoms with Crippen LogP contribution in [0, 0.1) is 0 Å². The second-order valence-corrected chi connectivity index (χ2v) is 6.99. The first-order valence-corrected chi connectivity index (χ1v) is 9.35. The van der Waals surface area contributed by atoms with Gasteiger partial charge in [-0.05, 0) is 29.8 Å². The molecule has 0 atom stereocenters. The van der Waals surface area contributed by atoms with Gasteiger partial charge in [0.1, 0.15) is 11.5 Å². The van der Waals surface area contributed by atoms with E-state index in [1.807, 2.05) is 54.6 Å². The Morgan fingerprint density at radius 1 is 1.08 bits per heavy atom. The standard InChI is InChI=1S/C20H18N2O3S/c1-24-15-7-9-16(10-8-15)25-18-17(13-14-5-3-2-4-6-14)19(23)22-11-12-26-20(22)21-18/h2-10H,11-13H2,1H3. The van der Waals surface area contributed by atoms with Crippen LogP contribution in [0.2, 0.25) is 0 Å². The molecule has 1 aromatic heterocycles. The van der Waals surface area contributed by atoms with Gasteiger partial charge in [-0.25, -0.2) is 0 Å². The van der Waals surface area contributed by atoms with Crippen LogP contribution in [0.25, 0.3) is 0 Å². The van der Waals surface area contributed by atoms with Gasteiger partial charge in [0.05, 0.1) is 12.7 Å². The van der Waals surface area contributed by atoms with E-state index in [9.17, 15) is 4.79 Å². The van der Waals surface area contributed by atoms with E-state index in [0.29, 0.717) is 30.2 Å². The van der Waals surface area contributed by atoms with Crippen molar-refractivity contribution in [2.45, 2.75) is 18.1 Å². The number of benzene rings is 2. The maximum Gasteiger partial charge on any atom is 0.261 e. The minimum atomic E-state index is -0.0210. The first-order chi connectivity index (χ1) is 12.7. The summed E-state index contributed by atoms with van der Waals surface area (Å²) >= 11 is 1.58. The number of thioether (sulfide) groups is 1. The third-order valence-corrected chi connectivity index (χ3v) is 5.19. The predicted octanol–water partition coefficient (Wildman–Crippen LogP) is 3.74. The van der Waals surface area contributed by atoms with E-state index >= 15 is 0 Å². The zero-order chi connectivity index (χ0) is 17.9. The molecule has 1 aliphatic heterocycles. The second-order valence-electron chi connectivity index (χ2n) is 5.92. The molecular weight excluding hydrogens is 348 g/mol. The lowest BCUT2D eigenvalue weighted by molar-refractivity contribution is 0.410. The summed E-state index contributed by atoms with van der Waals surface area (Å²) in [5.41, 5.74) is 1.61. The van der Waals surface area contributed by atoms with Gasteiger partial charge in [0.25, 0.3) is 5.56 Å². The molecule has 0 spiro atoms. The minimum Gasteiger partial charge on any atom is -0.497 e. The lowest BCUT2D eigenvalue weighted by atomic mass is 10.1. The molecule has 0 N–H and O–H groups in total. The van der Waals surface area contributed by atoms with Crippen LogP contribution in [0.3, 0.4) is 0 Å². The highest BCUT2D eigenvalue weighted by atomic mass is 32.2. The molecule has 0 aliphatic carbocycles. The summed E-state index contributed by atoms with van der Waals surface area (Å²) in [5, 5.41) is 0.718. The molecule has 6 heteroatoms. The van der Waals surface area contributed by atoms with Gasteiger partial charge in [-0.2, -0.15) is 4.98 Å². The van der Waals surface area contributed by atoms with E-state index in [-0.39, 0.29) is 5.56 Å². The fourth-order valence-corrected chi connectivity index (χ4v) is 3.82. The van der Waals surface area contributed by atoms with Crippen molar-refractivity contribution in [3.63, 3.8) is 0 Å². The van der Waals surface area contributed by atoms with Gasteiger partial charge < -0.3 is 9.47 Å². The lowest BCUT2D eigenvalue weighted by Crippen LogP contribution is -2.25. The van der Waals surface area contributed by atoms with Crippen molar-refractivity contribution in [1.29, 1.82) is 0 Å². The van der Waals surface area contributed by atoms with Crippen LogP contribution in [0.5, 0.6) is 17.4 Å². The van der Waals surface area contributed by atoms with Crippen LogP contribution in [0.15, 0.2) is 64.5 Å². The monoisotopic (exact) mass is 366 g/mol. The molecule has 2 aromatic carbocycles. The lowest BCUT2D eigenvalue weighted by Gasteiger charge is -2.13. The Morgan fingerprint density at radius 3 is 2.54 bits per heavy atom. The Balaban J connectivity index is 1.74. The normalized spacial score (nSPS) is 12.7. The SMILES string of the molecule is COc1ccc(Oc2nc3n(c(=O)c2Cc2ccccc2)CCS3)cc1. The minimum absolute atomic E-state index is 0.0210. The van der Waals surface area contributed by atoms with Gasteiger partial charge >= 0.3 is 0 Å². The fourth-order valence-electron chi connectivity index (χ4n) is 2.88. The van der Waals surface area contributed by atoms with Crippen molar-refractivity contribution < 1.29 is 9.47 Å². The van der Waals surface area contributed by atoms with Gasteiger partial charge in [-0.1, -0.05) is 42.1 Å². The maximum absolute atomic E-state index is 13.0. The van der Waals surface area contributed by atoms with Crippen LogP contribution < -0.4 is 15.0 Å². The molecule has 4 rings (SSSR count). The van der Waals surface area contributed by atoms with Crippen molar-refractivity contribution in [1.82, 2.24) is 9.55 Å². The van der Waals surface area contributed by atoms with E-state index in [0.717, 1.165) is 22.2 Å². The number of ether oxygens (including phenoxy) is 2. The summed E-state index contributed by atoms with van der Waals surface area (Å²) in [6.45, 7) is 0.691. The molecular formula is C20H18N2O3S. The Bertz CT molecular complexity index is 969. The summed E-state index contributed by atoms with van der Waals surface area (Å²) in [4.78, 5) is 17.6. The number of fused-ring (bicyclic) bond motifs is 1. The zero-order valence-electron chi connectivity index (χ0n) is 14.3. The number of rotatable bonds is 5. The van der Waals surface area contributed by atoms with Crippen molar-refractivity contribution in [3.8, 4) is 17.4 Å². The number of hydrogen-bond donors (Lipinski definition) is 0. The average molecular weight is 366 g/mol. The van der Waals surface area contributed by atoms with E-state index in [4.69, 9.17) is 9.47 Å². The Morgan fingerprint density at radius 2 is 1.81 bits per heavy atom. The number of methoxy groups -OCH3 is 1. The van der Waals surface area contributed by atoms with Crippen LogP contribution >= 0.6 is 11.8 Å². The van der Waals surface area contributed by atoms with E-state index in [2.05, 4.69) is 4.98 Å². The van der Waals surface area contributed by atoms with E-state index < -0.39 is 0 Å². The van der Waals surface area contributed by atoms with E-state index in [1.165, 1.54) is 0 Å². The molecule has 0 radical (unpaired) electrons. The molecule has 26 heavy (non-hydrogen) atoms. The number of hydrogen-bond acceptors (Lipinski definition) is 5. The zero-order valence-corrected chi connectivity index (χ0v) is 15.2. The molecule has 2 heterocycles. The van der Waals surface area contributed by atoms with Gasteiger partial charge in [0.15, 0.2) is 5.16 Å². The third kappa shape index (κ3) is 3.32. The highest BCUT2D eigenvalue weighted by molar-refractivity contribution is 7.99. The van der Waals surface area contributed by atoms with Crippen molar-refractivity contribution in [3.05, 3.63) is 76.1 Å². The van der Waals surface area contributed by atoms with Crippen molar-refractivity contribution in [2.75, 3.05) is 12.9 Å². The summed E-state index contributed by atoms with van der Waals surface area (Å²) in [7, 11) is 1.62. The predicted molar refractivity (Wildman–Crippen MR) is 102 cm³/mol.